The summed E-state index contributed by atoms with van der Waals surface area (Å²) >= 11 is 0. The Morgan fingerprint density at radius 3 is 1.41 bits per heavy atom. The second-order valence-electron chi connectivity index (χ2n) is 24.8. The van der Waals surface area contributed by atoms with Crippen LogP contribution in [0.1, 0.15) is 165 Å². The summed E-state index contributed by atoms with van der Waals surface area (Å²) in [5.74, 6) is 3.98. The Labute approximate surface area is 416 Å². The SMILES string of the molecule is COC[C@@]1(O)CC[C@@]2(C)[C@@H](CC[C@@H]3[C@@H]2CC[C@]2(C)[C@@H](C(=O)Cn4cc(C(=O)O)cn4)CC[C@@H]32)C1.COC[C@@]1(O)CC[C@@]2(C)[C@@H](CC[C@@H]3[C@@H]2CC[C@]2(C)[C@@H](C(=O)Cn4cc(C(N)=O)cn4)CC[C@@H]32)C1.[2H]CF. The number of hydrogen-bond acceptors (Lipinski definition) is 10. The molecule has 10 rings (SSSR count). The number of carbonyl (C=O) groups excluding carboxylic acids is 3. The molecule has 8 aliphatic carbocycles. The zero-order chi connectivity index (χ0) is 51.3. The number of nitrogens with two attached hydrogens (primary N) is 1. The summed E-state index contributed by atoms with van der Waals surface area (Å²) in [6.07, 6.45) is 24.8. The van der Waals surface area contributed by atoms with E-state index in [1.807, 2.05) is 0 Å². The fourth-order valence-electron chi connectivity index (χ4n) is 18.2. The van der Waals surface area contributed by atoms with Gasteiger partial charge in [-0.2, -0.15) is 10.2 Å². The predicted octanol–water partition coefficient (Wildman–Crippen LogP) is 8.36. The van der Waals surface area contributed by atoms with Crippen LogP contribution in [0.15, 0.2) is 24.8 Å². The Bertz CT molecular complexity index is 2110. The zero-order valence-electron chi connectivity index (χ0n) is 43.9. The second kappa shape index (κ2) is 20.1. The number of primary amides is 1. The maximum absolute atomic E-state index is 13.4. The number of aromatic nitrogens is 4. The summed E-state index contributed by atoms with van der Waals surface area (Å²) in [5, 5.41) is 39.6. The van der Waals surface area contributed by atoms with Crippen molar-refractivity contribution in [1.82, 2.24) is 19.6 Å². The Morgan fingerprint density at radius 2 is 1.04 bits per heavy atom. The first-order chi connectivity index (χ1) is 33.6. The second-order valence-corrected chi connectivity index (χ2v) is 24.8. The van der Waals surface area contributed by atoms with Crippen LogP contribution in [-0.2, 0) is 32.2 Å². The fraction of sp³-hybridized carbons (Fsp3) is 0.818. The Morgan fingerprint density at radius 1 is 0.643 bits per heavy atom. The summed E-state index contributed by atoms with van der Waals surface area (Å²) in [4.78, 5) is 49.4. The summed E-state index contributed by atoms with van der Waals surface area (Å²) in [5.41, 5.74) is 5.10. The molecular formula is C55H84FN5O9. The van der Waals surface area contributed by atoms with Gasteiger partial charge in [-0.3, -0.25) is 28.1 Å². The first-order valence-electron chi connectivity index (χ1n) is 27.2. The van der Waals surface area contributed by atoms with Crippen molar-refractivity contribution in [3.05, 3.63) is 35.9 Å². The lowest BCUT2D eigenvalue weighted by Crippen LogP contribution is -2.56. The summed E-state index contributed by atoms with van der Waals surface area (Å²) in [6.45, 7) is 10.9. The molecule has 2 heterocycles. The standard InChI is InChI=1S/C27H41N3O4.C27H40N2O5.CH3F/c1-25-10-11-27(33,16-34-3)12-18(25)4-5-19-20-6-7-22(26(20,2)9-8-21(19)25)23(31)15-30-14-17(13-29-30)24(28)32;1-25-10-11-27(33,16-34-3)12-18(25)4-5-19-20-6-7-22(26(20,2)9-8-21(19)25)23(30)15-29-14-17(13-28-29)24(31)32;1-2/h13-14,18-22,33H,4-12,15-16H2,1-3H3,(H2,28,32);13-14,18-22,33H,4-12,15-16H2,1-3H3,(H,31,32);1H3/t2*18-,19-,20-,21-,22+,25-,26-,27+;/m00./s1/i;;1D. The molecule has 0 radical (unpaired) electrons. The maximum atomic E-state index is 13.4. The van der Waals surface area contributed by atoms with Gasteiger partial charge in [-0.05, 0) is 185 Å². The molecular weight excluding hydrogens is 894 g/mol. The number of rotatable bonds is 12. The fourth-order valence-corrected chi connectivity index (χ4v) is 18.2. The van der Waals surface area contributed by atoms with Crippen LogP contribution in [0.3, 0.4) is 0 Å². The van der Waals surface area contributed by atoms with Crippen molar-refractivity contribution in [1.29, 1.82) is 0 Å². The molecule has 0 aliphatic heterocycles. The topological polar surface area (TPSA) is 209 Å². The van der Waals surface area contributed by atoms with E-state index in [1.54, 1.807) is 25.1 Å². The third-order valence-electron chi connectivity index (χ3n) is 21.7. The minimum absolute atomic E-state index is 0.0235. The maximum Gasteiger partial charge on any atom is 0.338 e. The summed E-state index contributed by atoms with van der Waals surface area (Å²) < 4.78 is 29.3. The van der Waals surface area contributed by atoms with Gasteiger partial charge in [0.2, 0.25) is 0 Å². The quantitative estimate of drug-likeness (QED) is 0.159. The Balaban J connectivity index is 0.000000181. The molecule has 8 saturated carbocycles. The normalized spacial score (nSPS) is 42.6. The van der Waals surface area contributed by atoms with Gasteiger partial charge in [0.25, 0.3) is 5.91 Å². The molecule has 0 unspecified atom stereocenters. The van der Waals surface area contributed by atoms with Crippen molar-refractivity contribution >= 4 is 23.4 Å². The van der Waals surface area contributed by atoms with Gasteiger partial charge in [0, 0.05) is 38.4 Å². The van der Waals surface area contributed by atoms with Gasteiger partial charge >= 0.3 is 5.97 Å². The third-order valence-corrected chi connectivity index (χ3v) is 21.7. The number of carbonyl (C=O) groups is 4. The minimum Gasteiger partial charge on any atom is -0.478 e. The van der Waals surface area contributed by atoms with Crippen LogP contribution in [0.4, 0.5) is 4.39 Å². The third kappa shape index (κ3) is 9.37. The number of amides is 1. The van der Waals surface area contributed by atoms with Gasteiger partial charge in [0.05, 0.1) is 69.6 Å². The molecule has 390 valence electrons. The number of fused-ring (bicyclic) bond motifs is 10. The molecule has 0 saturated heterocycles. The average molecular weight is 979 g/mol. The van der Waals surface area contributed by atoms with Crippen molar-refractivity contribution in [3.8, 4) is 0 Å². The minimum atomic E-state index is -1.02. The molecule has 16 atom stereocenters. The lowest BCUT2D eigenvalue weighted by Gasteiger charge is -2.62. The van der Waals surface area contributed by atoms with Crippen LogP contribution >= 0.6 is 0 Å². The van der Waals surface area contributed by atoms with E-state index in [1.165, 1.54) is 61.8 Å². The molecule has 8 aliphatic rings. The molecule has 15 heteroatoms. The molecule has 8 fully saturated rings. The monoisotopic (exact) mass is 979 g/mol. The van der Waals surface area contributed by atoms with E-state index < -0.39 is 30.2 Å². The number of ether oxygens (including phenoxy) is 2. The largest absolute Gasteiger partial charge is 0.478 e. The van der Waals surface area contributed by atoms with E-state index in [4.69, 9.17) is 21.7 Å². The van der Waals surface area contributed by atoms with E-state index in [0.29, 0.717) is 66.1 Å². The number of ketones is 2. The Kier molecular flexibility index (Phi) is 14.7. The van der Waals surface area contributed by atoms with Gasteiger partial charge in [-0.25, -0.2) is 4.79 Å². The number of Topliss-reactive ketones (excluding diaryl/α,β-unsaturated/α-hetero) is 2. The number of hydrogen-bond donors (Lipinski definition) is 4. The highest BCUT2D eigenvalue weighted by Crippen LogP contribution is 2.70. The van der Waals surface area contributed by atoms with E-state index in [9.17, 15) is 33.8 Å². The van der Waals surface area contributed by atoms with Crippen LogP contribution < -0.4 is 5.73 Å². The zero-order valence-corrected chi connectivity index (χ0v) is 42.9. The van der Waals surface area contributed by atoms with Gasteiger partial charge < -0.3 is 30.5 Å². The lowest BCUT2D eigenvalue weighted by molar-refractivity contribution is -0.164. The molecule has 14 nitrogen and oxygen atoms in total. The smallest absolute Gasteiger partial charge is 0.338 e. The number of methoxy groups -OCH3 is 2. The Hall–Kier alpha value is -3.53. The molecule has 2 aromatic heterocycles. The molecule has 2 aromatic rings. The van der Waals surface area contributed by atoms with Gasteiger partial charge in [0.15, 0.2) is 11.6 Å². The highest BCUT2D eigenvalue weighted by atomic mass is 19.1. The van der Waals surface area contributed by atoms with Crippen LogP contribution in [0.5, 0.6) is 0 Å². The van der Waals surface area contributed by atoms with E-state index >= 15 is 0 Å². The molecule has 1 amide bonds. The number of aromatic carboxylic acids is 1. The molecule has 0 spiro atoms. The first-order valence-corrected chi connectivity index (χ1v) is 26.5. The van der Waals surface area contributed by atoms with Crippen molar-refractivity contribution in [2.75, 3.05) is 34.6 Å². The molecule has 5 N–H and O–H groups in total. The molecule has 0 aromatic carbocycles. The highest BCUT2D eigenvalue weighted by molar-refractivity contribution is 5.92. The number of halogens is 1. The van der Waals surface area contributed by atoms with Crippen molar-refractivity contribution in [2.24, 2.45) is 86.6 Å². The van der Waals surface area contributed by atoms with Crippen molar-refractivity contribution in [3.63, 3.8) is 0 Å². The number of carboxylic acids is 1. The number of alkyl halides is 1. The van der Waals surface area contributed by atoms with Crippen LogP contribution in [-0.4, -0.2) is 104 Å². The molecule has 70 heavy (non-hydrogen) atoms. The average Bonchev–Trinajstić information content (AvgIpc) is 4.13. The van der Waals surface area contributed by atoms with Crippen LogP contribution in [0, 0.1) is 80.8 Å². The first kappa shape index (κ1) is 51.4. The number of carboxylic acid groups (broad SMARTS) is 1. The van der Waals surface area contributed by atoms with E-state index in [-0.39, 0.29) is 63.7 Å². The lowest BCUT2D eigenvalue weighted by atomic mass is 9.44. The molecule has 0 bridgehead atoms. The van der Waals surface area contributed by atoms with Gasteiger partial charge in [0.1, 0.15) is 0 Å². The van der Waals surface area contributed by atoms with Crippen LogP contribution in [0.25, 0.3) is 0 Å². The van der Waals surface area contributed by atoms with Crippen LogP contribution in [0.2, 0.25) is 0 Å². The predicted molar refractivity (Wildman–Crippen MR) is 261 cm³/mol. The summed E-state index contributed by atoms with van der Waals surface area (Å²) in [7, 11) is 2.37. The van der Waals surface area contributed by atoms with Crippen molar-refractivity contribution in [2.45, 2.75) is 168 Å². The van der Waals surface area contributed by atoms with E-state index in [0.717, 1.165) is 77.0 Å². The van der Waals surface area contributed by atoms with Crippen molar-refractivity contribution < 1.29 is 49.7 Å². The number of aliphatic hydroxyl groups is 2. The van der Waals surface area contributed by atoms with Gasteiger partial charge in [-0.1, -0.05) is 27.7 Å². The summed E-state index contributed by atoms with van der Waals surface area (Å²) in [6, 6.07) is 0. The number of nitrogens with zero attached hydrogens (tertiary/aromatic N) is 4. The highest BCUT2D eigenvalue weighted by Gasteiger charge is 2.64. The van der Waals surface area contributed by atoms with E-state index in [2.05, 4.69) is 37.9 Å². The van der Waals surface area contributed by atoms with Gasteiger partial charge in [-0.15, -0.1) is 0 Å².